The van der Waals surface area contributed by atoms with Crippen molar-refractivity contribution in [2.24, 2.45) is 4.99 Å². The van der Waals surface area contributed by atoms with Gasteiger partial charge >= 0.3 is 0 Å². The molecule has 26 heavy (non-hydrogen) atoms. The summed E-state index contributed by atoms with van der Waals surface area (Å²) < 4.78 is 0. The molecule has 2 aromatic carbocycles. The molecule has 0 aliphatic carbocycles. The minimum Gasteiger partial charge on any atom is -0.364 e. The predicted molar refractivity (Wildman–Crippen MR) is 109 cm³/mol. The number of benzene rings is 2. The smallest absolute Gasteiger partial charge is 0.144 e. The van der Waals surface area contributed by atoms with Gasteiger partial charge in [-0.25, -0.2) is 0 Å². The van der Waals surface area contributed by atoms with E-state index in [0.717, 1.165) is 33.7 Å². The molecule has 1 aliphatic heterocycles. The lowest BCUT2D eigenvalue weighted by atomic mass is 10.1. The lowest BCUT2D eigenvalue weighted by Crippen LogP contribution is -2.22. The number of allylic oxidation sites excluding steroid dienone is 3. The molecule has 1 aliphatic rings. The fourth-order valence-corrected chi connectivity index (χ4v) is 2.84. The minimum atomic E-state index is -0.00737. The van der Waals surface area contributed by atoms with Gasteiger partial charge in [-0.3, -0.25) is 4.99 Å². The van der Waals surface area contributed by atoms with Crippen molar-refractivity contribution in [2.45, 2.75) is 20.0 Å². The first kappa shape index (κ1) is 17.4. The molecule has 1 unspecified atom stereocenters. The number of rotatable bonds is 4. The van der Waals surface area contributed by atoms with Crippen LogP contribution in [0.25, 0.3) is 18.2 Å². The molecule has 3 heteroatoms. The summed E-state index contributed by atoms with van der Waals surface area (Å²) in [6.07, 6.45) is 9.50. The molecule has 0 saturated carbocycles. The van der Waals surface area contributed by atoms with E-state index in [4.69, 9.17) is 5.26 Å². The number of hydrogen-bond donors (Lipinski definition) is 1. The van der Waals surface area contributed by atoms with E-state index in [9.17, 15) is 0 Å². The Morgan fingerprint density at radius 1 is 0.885 bits per heavy atom. The Balaban J connectivity index is 1.68. The molecular weight excluding hydrogens is 318 g/mol. The van der Waals surface area contributed by atoms with Crippen LogP contribution in [0.5, 0.6) is 0 Å². The predicted octanol–water partition coefficient (Wildman–Crippen LogP) is 5.36. The number of nitriles is 1. The maximum Gasteiger partial charge on any atom is 0.144 e. The van der Waals surface area contributed by atoms with E-state index in [1.165, 1.54) is 6.08 Å². The van der Waals surface area contributed by atoms with Crippen LogP contribution in [0.2, 0.25) is 0 Å². The summed E-state index contributed by atoms with van der Waals surface area (Å²) in [4.78, 5) is 4.64. The molecule has 0 spiro atoms. The first-order chi connectivity index (χ1) is 12.6. The van der Waals surface area contributed by atoms with Crippen LogP contribution in [-0.4, -0.2) is 5.71 Å². The molecular formula is C23H21N3. The third-order valence-electron chi connectivity index (χ3n) is 4.13. The molecule has 0 aromatic heterocycles. The molecule has 128 valence electrons. The second kappa shape index (κ2) is 8.13. The van der Waals surface area contributed by atoms with Gasteiger partial charge in [0.2, 0.25) is 0 Å². The third kappa shape index (κ3) is 4.58. The molecule has 0 radical (unpaired) electrons. The molecule has 3 nitrogen and oxygen atoms in total. The van der Waals surface area contributed by atoms with Crippen LogP contribution in [0.1, 0.15) is 42.3 Å². The van der Waals surface area contributed by atoms with E-state index in [-0.39, 0.29) is 6.17 Å². The van der Waals surface area contributed by atoms with E-state index in [1.807, 2.05) is 37.3 Å². The van der Waals surface area contributed by atoms with Crippen LogP contribution in [0.3, 0.4) is 0 Å². The van der Waals surface area contributed by atoms with Crippen LogP contribution < -0.4 is 5.32 Å². The van der Waals surface area contributed by atoms with Crippen molar-refractivity contribution in [1.82, 2.24) is 5.32 Å². The lowest BCUT2D eigenvalue weighted by Gasteiger charge is -2.21. The summed E-state index contributed by atoms with van der Waals surface area (Å²) in [7, 11) is 0. The number of nitrogens with one attached hydrogen (secondary N) is 1. The van der Waals surface area contributed by atoms with Gasteiger partial charge in [0.25, 0.3) is 0 Å². The Labute approximate surface area is 154 Å². The first-order valence-corrected chi connectivity index (χ1v) is 8.57. The van der Waals surface area contributed by atoms with Gasteiger partial charge in [0.05, 0.1) is 6.07 Å². The summed E-state index contributed by atoms with van der Waals surface area (Å²) in [6, 6.07) is 18.5. The minimum absolute atomic E-state index is 0.00737. The van der Waals surface area contributed by atoms with Gasteiger partial charge in [-0.15, -0.1) is 0 Å². The largest absolute Gasteiger partial charge is 0.364 e. The van der Waals surface area contributed by atoms with Crippen molar-refractivity contribution in [3.63, 3.8) is 0 Å². The Morgan fingerprint density at radius 2 is 1.42 bits per heavy atom. The monoisotopic (exact) mass is 339 g/mol. The molecule has 0 amide bonds. The molecule has 1 N–H and O–H groups in total. The molecule has 0 bridgehead atoms. The van der Waals surface area contributed by atoms with Crippen LogP contribution in [0.15, 0.2) is 71.4 Å². The molecule has 2 aromatic rings. The SMILES string of the molecule is CC1=CC(C)=NC(c2ccc(/C=C\c3ccc(/C=C/C#N)cc3)cc2)N1. The average Bonchev–Trinajstić information content (AvgIpc) is 2.65. The van der Waals surface area contributed by atoms with Gasteiger partial charge in [-0.1, -0.05) is 60.7 Å². The van der Waals surface area contributed by atoms with E-state index in [2.05, 4.69) is 59.7 Å². The fourth-order valence-electron chi connectivity index (χ4n) is 2.84. The number of aliphatic imine (C=N–C) groups is 1. The van der Waals surface area contributed by atoms with E-state index in [1.54, 1.807) is 6.08 Å². The molecule has 0 fully saturated rings. The van der Waals surface area contributed by atoms with Crippen molar-refractivity contribution in [3.8, 4) is 6.07 Å². The van der Waals surface area contributed by atoms with Crippen molar-refractivity contribution < 1.29 is 0 Å². The summed E-state index contributed by atoms with van der Waals surface area (Å²) in [5, 5.41) is 11.9. The summed E-state index contributed by atoms with van der Waals surface area (Å²) in [5.74, 6) is 0. The maximum atomic E-state index is 8.56. The van der Waals surface area contributed by atoms with E-state index in [0.29, 0.717) is 0 Å². The van der Waals surface area contributed by atoms with Crippen LogP contribution >= 0.6 is 0 Å². The van der Waals surface area contributed by atoms with Gasteiger partial charge in [0.1, 0.15) is 6.17 Å². The Morgan fingerprint density at radius 3 is 1.96 bits per heavy atom. The summed E-state index contributed by atoms with van der Waals surface area (Å²) in [5.41, 5.74) is 6.63. The highest BCUT2D eigenvalue weighted by Crippen LogP contribution is 2.21. The van der Waals surface area contributed by atoms with Crippen molar-refractivity contribution >= 4 is 23.9 Å². The lowest BCUT2D eigenvalue weighted by molar-refractivity contribution is 0.619. The van der Waals surface area contributed by atoms with E-state index < -0.39 is 0 Å². The van der Waals surface area contributed by atoms with Gasteiger partial charge < -0.3 is 5.32 Å². The highest BCUT2D eigenvalue weighted by Gasteiger charge is 2.12. The second-order valence-electron chi connectivity index (χ2n) is 6.27. The highest BCUT2D eigenvalue weighted by molar-refractivity contribution is 5.94. The highest BCUT2D eigenvalue weighted by atomic mass is 15.1. The normalized spacial score (nSPS) is 16.9. The van der Waals surface area contributed by atoms with Gasteiger partial charge in [-0.05, 0) is 48.3 Å². The Bertz CT molecular complexity index is 921. The zero-order valence-electron chi connectivity index (χ0n) is 15.0. The molecule has 1 atom stereocenters. The Hall–Kier alpha value is -3.38. The molecule has 3 rings (SSSR count). The third-order valence-corrected chi connectivity index (χ3v) is 4.13. The zero-order valence-corrected chi connectivity index (χ0v) is 15.0. The summed E-state index contributed by atoms with van der Waals surface area (Å²) in [6.45, 7) is 4.08. The van der Waals surface area contributed by atoms with Crippen molar-refractivity contribution in [1.29, 1.82) is 5.26 Å². The van der Waals surface area contributed by atoms with Gasteiger partial charge in [0, 0.05) is 17.5 Å². The quantitative estimate of drug-likeness (QED) is 0.602. The van der Waals surface area contributed by atoms with Crippen molar-refractivity contribution in [2.75, 3.05) is 0 Å². The standard InChI is InChI=1S/C23H21N3/c1-17-16-18(2)26-23(25-17)22-13-11-21(12-14-22)10-9-20-7-5-19(6-8-20)4-3-15-24/h3-14,16,23,25H,1-2H3/b4-3+,10-9-. The Kier molecular flexibility index (Phi) is 5.46. The average molecular weight is 339 g/mol. The first-order valence-electron chi connectivity index (χ1n) is 8.57. The number of nitrogens with zero attached hydrogens (tertiary/aromatic N) is 2. The number of hydrogen-bond acceptors (Lipinski definition) is 3. The molecule has 0 saturated heterocycles. The van der Waals surface area contributed by atoms with Crippen molar-refractivity contribution in [3.05, 3.63) is 88.6 Å². The van der Waals surface area contributed by atoms with Crippen LogP contribution in [0.4, 0.5) is 0 Å². The summed E-state index contributed by atoms with van der Waals surface area (Å²) >= 11 is 0. The maximum absolute atomic E-state index is 8.56. The van der Waals surface area contributed by atoms with Crippen LogP contribution in [0, 0.1) is 11.3 Å². The second-order valence-corrected chi connectivity index (χ2v) is 6.27. The zero-order chi connectivity index (χ0) is 18.4. The fraction of sp³-hybridized carbons (Fsp3) is 0.130. The topological polar surface area (TPSA) is 48.2 Å². The van der Waals surface area contributed by atoms with Gasteiger partial charge in [-0.2, -0.15) is 5.26 Å². The molecule has 1 heterocycles. The van der Waals surface area contributed by atoms with Gasteiger partial charge in [0.15, 0.2) is 0 Å². The van der Waals surface area contributed by atoms with Crippen LogP contribution in [-0.2, 0) is 0 Å². The van der Waals surface area contributed by atoms with E-state index >= 15 is 0 Å².